The zero-order valence-corrected chi connectivity index (χ0v) is 16.7. The zero-order valence-electron chi connectivity index (χ0n) is 16.7. The maximum absolute atomic E-state index is 13.0. The zero-order chi connectivity index (χ0) is 20.4. The number of imide groups is 1. The van der Waals surface area contributed by atoms with Crippen LogP contribution in [0.1, 0.15) is 57.1 Å². The van der Waals surface area contributed by atoms with Gasteiger partial charge in [-0.2, -0.15) is 0 Å². The molecule has 6 heteroatoms. The average molecular weight is 393 g/mol. The van der Waals surface area contributed by atoms with Gasteiger partial charge in [-0.1, -0.05) is 68.1 Å². The molecule has 6 nitrogen and oxygen atoms in total. The number of amides is 4. The first-order valence-corrected chi connectivity index (χ1v) is 10.4. The Morgan fingerprint density at radius 2 is 1.76 bits per heavy atom. The van der Waals surface area contributed by atoms with Crippen LogP contribution in [0.15, 0.2) is 42.5 Å². The monoisotopic (exact) mass is 393 g/mol. The van der Waals surface area contributed by atoms with Gasteiger partial charge in [-0.25, -0.2) is 4.79 Å². The van der Waals surface area contributed by atoms with Crippen molar-refractivity contribution in [3.8, 4) is 0 Å². The Bertz CT molecular complexity index is 942. The molecule has 0 aromatic heterocycles. The lowest BCUT2D eigenvalue weighted by Gasteiger charge is -2.24. The van der Waals surface area contributed by atoms with Gasteiger partial charge in [-0.05, 0) is 36.1 Å². The average Bonchev–Trinajstić information content (AvgIpc) is 2.88. The molecule has 1 aliphatic carbocycles. The second-order valence-corrected chi connectivity index (χ2v) is 8.18. The van der Waals surface area contributed by atoms with Crippen LogP contribution in [0, 0.1) is 0 Å². The Labute approximate surface area is 170 Å². The first kappa shape index (κ1) is 19.4. The molecule has 29 heavy (non-hydrogen) atoms. The van der Waals surface area contributed by atoms with E-state index in [1.807, 2.05) is 49.4 Å². The standard InChI is InChI=1S/C23H27N3O3/c1-16(18-12-8-10-17-9-4-5-11-19(17)18)24-20(27)15-26-21(28)23(25-22(26)29)13-6-2-3-7-14-23/h4-5,8-12,16H,2-3,6-7,13-15H2,1H3,(H,24,27)(H,25,29)/t16-/m1/s1. The summed E-state index contributed by atoms with van der Waals surface area (Å²) in [7, 11) is 0. The molecule has 1 saturated heterocycles. The number of rotatable bonds is 4. The fourth-order valence-corrected chi connectivity index (χ4v) is 4.63. The molecule has 4 rings (SSSR count). The van der Waals surface area contributed by atoms with Gasteiger partial charge < -0.3 is 10.6 Å². The molecule has 2 aromatic carbocycles. The SMILES string of the molecule is C[C@@H](NC(=O)CN1C(=O)NC2(CCCCCC2)C1=O)c1cccc2ccccc12. The molecular weight excluding hydrogens is 366 g/mol. The van der Waals surface area contributed by atoms with Crippen LogP contribution >= 0.6 is 0 Å². The van der Waals surface area contributed by atoms with Crippen molar-refractivity contribution in [1.29, 1.82) is 0 Å². The molecule has 1 saturated carbocycles. The van der Waals surface area contributed by atoms with Crippen LogP contribution in [0.5, 0.6) is 0 Å². The van der Waals surface area contributed by atoms with Crippen LogP contribution in [-0.2, 0) is 9.59 Å². The van der Waals surface area contributed by atoms with Crippen LogP contribution in [0.25, 0.3) is 10.8 Å². The van der Waals surface area contributed by atoms with Gasteiger partial charge in [0.1, 0.15) is 12.1 Å². The van der Waals surface area contributed by atoms with E-state index in [9.17, 15) is 14.4 Å². The minimum Gasteiger partial charge on any atom is -0.348 e. The molecule has 0 bridgehead atoms. The minimum absolute atomic E-state index is 0.235. The third-order valence-corrected chi connectivity index (χ3v) is 6.17. The van der Waals surface area contributed by atoms with E-state index >= 15 is 0 Å². The number of urea groups is 1. The third-order valence-electron chi connectivity index (χ3n) is 6.17. The molecule has 1 spiro atoms. The van der Waals surface area contributed by atoms with E-state index in [2.05, 4.69) is 10.6 Å². The van der Waals surface area contributed by atoms with Crippen molar-refractivity contribution in [1.82, 2.24) is 15.5 Å². The normalized spacial score (nSPS) is 19.8. The fraction of sp³-hybridized carbons (Fsp3) is 0.435. The molecule has 2 aromatic rings. The van der Waals surface area contributed by atoms with Crippen molar-refractivity contribution >= 4 is 28.6 Å². The summed E-state index contributed by atoms with van der Waals surface area (Å²) in [5, 5.41) is 8.01. The number of fused-ring (bicyclic) bond motifs is 1. The van der Waals surface area contributed by atoms with Crippen LogP contribution < -0.4 is 10.6 Å². The minimum atomic E-state index is -0.810. The van der Waals surface area contributed by atoms with Gasteiger partial charge in [0.05, 0.1) is 6.04 Å². The maximum Gasteiger partial charge on any atom is 0.325 e. The second-order valence-electron chi connectivity index (χ2n) is 8.18. The van der Waals surface area contributed by atoms with Gasteiger partial charge in [0.2, 0.25) is 5.91 Å². The number of carbonyl (C=O) groups is 3. The molecule has 1 atom stereocenters. The maximum atomic E-state index is 13.0. The number of carbonyl (C=O) groups excluding carboxylic acids is 3. The lowest BCUT2D eigenvalue weighted by molar-refractivity contribution is -0.135. The summed E-state index contributed by atoms with van der Waals surface area (Å²) in [4.78, 5) is 39.2. The molecule has 152 valence electrons. The Hall–Kier alpha value is -2.89. The third kappa shape index (κ3) is 3.71. The predicted octanol–water partition coefficient (Wildman–Crippen LogP) is 3.66. The lowest BCUT2D eigenvalue weighted by Crippen LogP contribution is -2.47. The summed E-state index contributed by atoms with van der Waals surface area (Å²) in [6.07, 6.45) is 5.31. The largest absolute Gasteiger partial charge is 0.348 e. The van der Waals surface area contributed by atoms with Gasteiger partial charge in [-0.3, -0.25) is 14.5 Å². The van der Waals surface area contributed by atoms with Crippen molar-refractivity contribution in [2.24, 2.45) is 0 Å². The van der Waals surface area contributed by atoms with Crippen LogP contribution in [0.2, 0.25) is 0 Å². The Kier molecular flexibility index (Phi) is 5.26. The van der Waals surface area contributed by atoms with Gasteiger partial charge in [0.15, 0.2) is 0 Å². The summed E-state index contributed by atoms with van der Waals surface area (Å²) < 4.78 is 0. The summed E-state index contributed by atoms with van der Waals surface area (Å²) in [5.41, 5.74) is 0.198. The smallest absolute Gasteiger partial charge is 0.325 e. The number of nitrogens with zero attached hydrogens (tertiary/aromatic N) is 1. The van der Waals surface area contributed by atoms with Gasteiger partial charge in [0, 0.05) is 0 Å². The van der Waals surface area contributed by atoms with E-state index < -0.39 is 11.6 Å². The summed E-state index contributed by atoms with van der Waals surface area (Å²) in [6.45, 7) is 1.67. The molecule has 1 aliphatic heterocycles. The molecule has 2 fully saturated rings. The van der Waals surface area contributed by atoms with Crippen molar-refractivity contribution < 1.29 is 14.4 Å². The number of benzene rings is 2. The molecular formula is C23H27N3O3. The van der Waals surface area contributed by atoms with E-state index in [4.69, 9.17) is 0 Å². The molecule has 0 radical (unpaired) electrons. The molecule has 4 amide bonds. The highest BCUT2D eigenvalue weighted by molar-refractivity contribution is 6.09. The molecule has 1 heterocycles. The Morgan fingerprint density at radius 3 is 2.52 bits per heavy atom. The van der Waals surface area contributed by atoms with Crippen molar-refractivity contribution in [3.05, 3.63) is 48.0 Å². The summed E-state index contributed by atoms with van der Waals surface area (Å²) >= 11 is 0. The van der Waals surface area contributed by atoms with E-state index in [0.29, 0.717) is 12.8 Å². The highest BCUT2D eigenvalue weighted by Gasteiger charge is 2.51. The molecule has 2 N–H and O–H groups in total. The van der Waals surface area contributed by atoms with Crippen molar-refractivity contribution in [2.75, 3.05) is 6.54 Å². The second kappa shape index (κ2) is 7.85. The molecule has 0 unspecified atom stereocenters. The van der Waals surface area contributed by atoms with Crippen molar-refractivity contribution in [2.45, 2.75) is 57.0 Å². The van der Waals surface area contributed by atoms with Crippen LogP contribution in [0.3, 0.4) is 0 Å². The quantitative estimate of drug-likeness (QED) is 0.778. The number of hydrogen-bond donors (Lipinski definition) is 2. The van der Waals surface area contributed by atoms with Gasteiger partial charge in [0.25, 0.3) is 5.91 Å². The number of hydrogen-bond acceptors (Lipinski definition) is 3. The number of nitrogens with one attached hydrogen (secondary N) is 2. The summed E-state index contributed by atoms with van der Waals surface area (Å²) in [6, 6.07) is 13.3. The van der Waals surface area contributed by atoms with Crippen LogP contribution in [0.4, 0.5) is 4.79 Å². The lowest BCUT2D eigenvalue weighted by atomic mass is 9.90. The molecule has 2 aliphatic rings. The van der Waals surface area contributed by atoms with Gasteiger partial charge in [-0.15, -0.1) is 0 Å². The van der Waals surface area contributed by atoms with Crippen LogP contribution in [-0.4, -0.2) is 34.8 Å². The van der Waals surface area contributed by atoms with Gasteiger partial charge >= 0.3 is 6.03 Å². The summed E-state index contributed by atoms with van der Waals surface area (Å²) in [5.74, 6) is -0.586. The highest BCUT2D eigenvalue weighted by atomic mass is 16.2. The van der Waals surface area contributed by atoms with E-state index in [1.165, 1.54) is 0 Å². The van der Waals surface area contributed by atoms with E-state index in [0.717, 1.165) is 46.9 Å². The highest BCUT2D eigenvalue weighted by Crippen LogP contribution is 2.32. The van der Waals surface area contributed by atoms with E-state index in [1.54, 1.807) is 0 Å². The van der Waals surface area contributed by atoms with E-state index in [-0.39, 0.29) is 24.4 Å². The first-order chi connectivity index (χ1) is 14.0. The first-order valence-electron chi connectivity index (χ1n) is 10.4. The Morgan fingerprint density at radius 1 is 1.07 bits per heavy atom. The fourth-order valence-electron chi connectivity index (χ4n) is 4.63. The predicted molar refractivity (Wildman–Crippen MR) is 111 cm³/mol. The van der Waals surface area contributed by atoms with Crippen molar-refractivity contribution in [3.63, 3.8) is 0 Å². The topological polar surface area (TPSA) is 78.5 Å². The Balaban J connectivity index is 1.45.